The molecule has 0 fully saturated rings. The van der Waals surface area contributed by atoms with E-state index >= 15 is 0 Å². The van der Waals surface area contributed by atoms with E-state index in [4.69, 9.17) is 9.47 Å². The third-order valence-corrected chi connectivity index (χ3v) is 5.78. The summed E-state index contributed by atoms with van der Waals surface area (Å²) in [4.78, 5) is 20.5. The molecule has 0 aliphatic rings. The van der Waals surface area contributed by atoms with Gasteiger partial charge in [-0.1, -0.05) is 23.8 Å². The number of aliphatic hydroxyl groups excluding tert-OH is 1. The van der Waals surface area contributed by atoms with Crippen molar-refractivity contribution in [3.05, 3.63) is 68.5 Å². The van der Waals surface area contributed by atoms with E-state index in [1.54, 1.807) is 11.3 Å². The molecular weight excluding hydrogens is 412 g/mol. The molecule has 0 atom stereocenters. The molecule has 0 saturated heterocycles. The van der Waals surface area contributed by atoms with E-state index in [1.807, 2.05) is 68.3 Å². The topological polar surface area (TPSA) is 71.9 Å². The Labute approximate surface area is 187 Å². The standard InChI is InChI=1S/C24H28N2O4S/c1-15-11-16(2)22(17(3)12-15)30-23-21(24(28)29-5)20(13-18(4)25-23)26(8-9-27)14-19-7-6-10-31-19/h6-7,10-13,27H,8-9,14H2,1-5H3. The highest BCUT2D eigenvalue weighted by Crippen LogP contribution is 2.36. The first-order valence-electron chi connectivity index (χ1n) is 10.1. The molecule has 0 unspecified atom stereocenters. The zero-order valence-electron chi connectivity index (χ0n) is 18.6. The van der Waals surface area contributed by atoms with Gasteiger partial charge in [0.05, 0.1) is 25.9 Å². The maximum absolute atomic E-state index is 12.9. The van der Waals surface area contributed by atoms with E-state index in [0.29, 0.717) is 30.2 Å². The molecular formula is C24H28N2O4S. The van der Waals surface area contributed by atoms with E-state index in [2.05, 4.69) is 4.98 Å². The van der Waals surface area contributed by atoms with E-state index in [0.717, 1.165) is 21.6 Å². The van der Waals surface area contributed by atoms with Crippen molar-refractivity contribution in [3.63, 3.8) is 0 Å². The molecule has 7 heteroatoms. The van der Waals surface area contributed by atoms with Crippen molar-refractivity contribution in [2.24, 2.45) is 0 Å². The number of carbonyl (C=O) groups is 1. The summed E-state index contributed by atoms with van der Waals surface area (Å²) in [6.45, 7) is 8.68. The fourth-order valence-electron chi connectivity index (χ4n) is 3.67. The highest BCUT2D eigenvalue weighted by Gasteiger charge is 2.26. The number of methoxy groups -OCH3 is 1. The fraction of sp³-hybridized carbons (Fsp3) is 0.333. The molecule has 1 aromatic carbocycles. The van der Waals surface area contributed by atoms with Gasteiger partial charge in [0.15, 0.2) is 0 Å². The molecule has 0 aliphatic carbocycles. The predicted molar refractivity (Wildman–Crippen MR) is 123 cm³/mol. The number of anilines is 1. The first kappa shape index (κ1) is 22.8. The van der Waals surface area contributed by atoms with Gasteiger partial charge in [0.1, 0.15) is 11.3 Å². The number of hydrogen-bond acceptors (Lipinski definition) is 7. The van der Waals surface area contributed by atoms with Crippen LogP contribution in [0.15, 0.2) is 35.7 Å². The summed E-state index contributed by atoms with van der Waals surface area (Å²) >= 11 is 1.62. The summed E-state index contributed by atoms with van der Waals surface area (Å²) in [5.74, 6) is 0.340. The maximum atomic E-state index is 12.9. The van der Waals surface area contributed by atoms with Gasteiger partial charge < -0.3 is 19.5 Å². The van der Waals surface area contributed by atoms with Crippen molar-refractivity contribution in [3.8, 4) is 11.6 Å². The van der Waals surface area contributed by atoms with Crippen LogP contribution in [0.2, 0.25) is 0 Å². The Kier molecular flexibility index (Phi) is 7.30. The summed E-state index contributed by atoms with van der Waals surface area (Å²) in [7, 11) is 1.34. The second-order valence-corrected chi connectivity index (χ2v) is 8.54. The molecule has 31 heavy (non-hydrogen) atoms. The monoisotopic (exact) mass is 440 g/mol. The molecule has 2 aromatic heterocycles. The van der Waals surface area contributed by atoms with Crippen molar-refractivity contribution in [2.75, 3.05) is 25.2 Å². The Morgan fingerprint density at radius 3 is 2.45 bits per heavy atom. The van der Waals surface area contributed by atoms with Gasteiger partial charge in [-0.05, 0) is 56.3 Å². The van der Waals surface area contributed by atoms with Crippen LogP contribution < -0.4 is 9.64 Å². The van der Waals surface area contributed by atoms with Gasteiger partial charge in [-0.2, -0.15) is 0 Å². The molecule has 0 saturated carbocycles. The number of pyridine rings is 1. The van der Waals surface area contributed by atoms with Crippen molar-refractivity contribution in [1.82, 2.24) is 4.98 Å². The number of thiophene rings is 1. The Morgan fingerprint density at radius 1 is 1.16 bits per heavy atom. The number of rotatable bonds is 8. The molecule has 6 nitrogen and oxygen atoms in total. The Balaban J connectivity index is 2.14. The van der Waals surface area contributed by atoms with Gasteiger partial charge in [-0.3, -0.25) is 0 Å². The minimum atomic E-state index is -0.533. The average Bonchev–Trinajstić information content (AvgIpc) is 3.22. The maximum Gasteiger partial charge on any atom is 0.345 e. The molecule has 3 aromatic rings. The van der Waals surface area contributed by atoms with Crippen LogP contribution in [0.1, 0.15) is 37.6 Å². The van der Waals surface area contributed by atoms with Crippen LogP contribution in [0.5, 0.6) is 11.6 Å². The third kappa shape index (κ3) is 5.24. The highest BCUT2D eigenvalue weighted by atomic mass is 32.1. The Bertz CT molecular complexity index is 1040. The number of benzene rings is 1. The largest absolute Gasteiger partial charge is 0.465 e. The molecule has 2 heterocycles. The second-order valence-electron chi connectivity index (χ2n) is 7.51. The number of aryl methyl sites for hydroxylation is 4. The van der Waals surface area contributed by atoms with Crippen molar-refractivity contribution in [1.29, 1.82) is 0 Å². The number of hydrogen-bond donors (Lipinski definition) is 1. The summed E-state index contributed by atoms with van der Waals surface area (Å²) in [6, 6.07) is 9.90. The van der Waals surface area contributed by atoms with Crippen LogP contribution in [0.3, 0.4) is 0 Å². The van der Waals surface area contributed by atoms with Gasteiger partial charge in [0, 0.05) is 17.1 Å². The normalized spacial score (nSPS) is 10.8. The first-order valence-corrected chi connectivity index (χ1v) is 11.0. The fourth-order valence-corrected chi connectivity index (χ4v) is 4.39. The minimum absolute atomic E-state index is 0.0558. The molecule has 0 bridgehead atoms. The van der Waals surface area contributed by atoms with Crippen LogP contribution in [0, 0.1) is 27.7 Å². The highest BCUT2D eigenvalue weighted by molar-refractivity contribution is 7.09. The van der Waals surface area contributed by atoms with Crippen LogP contribution in [0.25, 0.3) is 0 Å². The van der Waals surface area contributed by atoms with E-state index in [1.165, 1.54) is 7.11 Å². The van der Waals surface area contributed by atoms with Gasteiger partial charge in [0.25, 0.3) is 0 Å². The molecule has 3 rings (SSSR count). The summed E-state index contributed by atoms with van der Waals surface area (Å²) < 4.78 is 11.3. The average molecular weight is 441 g/mol. The lowest BCUT2D eigenvalue weighted by atomic mass is 10.1. The molecule has 0 aliphatic heterocycles. The van der Waals surface area contributed by atoms with E-state index in [9.17, 15) is 9.90 Å². The number of ether oxygens (including phenoxy) is 2. The molecule has 0 spiro atoms. The van der Waals surface area contributed by atoms with Crippen LogP contribution >= 0.6 is 11.3 Å². The van der Waals surface area contributed by atoms with Gasteiger partial charge in [-0.15, -0.1) is 11.3 Å². The minimum Gasteiger partial charge on any atom is -0.465 e. The molecule has 0 radical (unpaired) electrons. The molecule has 1 N–H and O–H groups in total. The van der Waals surface area contributed by atoms with Gasteiger partial charge in [0.2, 0.25) is 5.88 Å². The van der Waals surface area contributed by atoms with E-state index < -0.39 is 5.97 Å². The number of carbonyl (C=O) groups excluding carboxylic acids is 1. The first-order chi connectivity index (χ1) is 14.8. The lowest BCUT2D eigenvalue weighted by molar-refractivity contribution is 0.0597. The third-order valence-electron chi connectivity index (χ3n) is 4.92. The van der Waals surface area contributed by atoms with E-state index in [-0.39, 0.29) is 18.1 Å². The second kappa shape index (κ2) is 9.94. The van der Waals surface area contributed by atoms with Gasteiger partial charge >= 0.3 is 5.97 Å². The number of aliphatic hydroxyl groups is 1. The number of aromatic nitrogens is 1. The molecule has 164 valence electrons. The Hall–Kier alpha value is -2.90. The SMILES string of the molecule is COC(=O)c1c(N(CCO)Cc2cccs2)cc(C)nc1Oc1c(C)cc(C)cc1C. The predicted octanol–water partition coefficient (Wildman–Crippen LogP) is 4.95. The summed E-state index contributed by atoms with van der Waals surface area (Å²) in [6.07, 6.45) is 0. The summed E-state index contributed by atoms with van der Waals surface area (Å²) in [5, 5.41) is 11.7. The van der Waals surface area contributed by atoms with Crippen LogP contribution in [-0.2, 0) is 11.3 Å². The van der Waals surface area contributed by atoms with Crippen molar-refractivity contribution >= 4 is 23.0 Å². The smallest absolute Gasteiger partial charge is 0.345 e. The summed E-state index contributed by atoms with van der Waals surface area (Å²) in [5.41, 5.74) is 4.64. The van der Waals surface area contributed by atoms with Crippen molar-refractivity contribution < 1.29 is 19.4 Å². The Morgan fingerprint density at radius 2 is 1.87 bits per heavy atom. The lowest BCUT2D eigenvalue weighted by Crippen LogP contribution is -2.28. The lowest BCUT2D eigenvalue weighted by Gasteiger charge is -2.27. The zero-order chi connectivity index (χ0) is 22.5. The van der Waals surface area contributed by atoms with Gasteiger partial charge in [-0.25, -0.2) is 9.78 Å². The number of esters is 1. The number of nitrogens with zero attached hydrogens (tertiary/aromatic N) is 2. The van der Waals surface area contributed by atoms with Crippen LogP contribution in [0.4, 0.5) is 5.69 Å². The van der Waals surface area contributed by atoms with Crippen LogP contribution in [-0.4, -0.2) is 36.3 Å². The molecule has 0 amide bonds. The zero-order valence-corrected chi connectivity index (χ0v) is 19.4. The quantitative estimate of drug-likeness (QED) is 0.500. The van der Waals surface area contributed by atoms with Crippen molar-refractivity contribution in [2.45, 2.75) is 34.2 Å².